The molecule has 0 bridgehead atoms. The number of alkyl halides is 2. The summed E-state index contributed by atoms with van der Waals surface area (Å²) in [5, 5.41) is 0. The fraction of sp³-hybridized carbons (Fsp3) is 0.300. The first-order chi connectivity index (χ1) is 6.56. The number of carbonyl (C=O) groups excluding carboxylic acids is 1. The predicted molar refractivity (Wildman–Crippen MR) is 60.6 cm³/mol. The topological polar surface area (TPSA) is 26.3 Å². The van der Waals surface area contributed by atoms with Gasteiger partial charge in [0.1, 0.15) is 5.75 Å². The number of ketones is 1. The molecule has 1 aromatic carbocycles. The van der Waals surface area contributed by atoms with E-state index in [9.17, 15) is 4.79 Å². The highest BCUT2D eigenvalue weighted by molar-refractivity contribution is 9.10. The highest BCUT2D eigenvalue weighted by Gasteiger charge is 2.18. The Balaban J connectivity index is 3.17. The maximum absolute atomic E-state index is 11.6. The summed E-state index contributed by atoms with van der Waals surface area (Å²) in [5.74, 6) is 0.359. The molecule has 0 aliphatic carbocycles. The molecule has 1 rings (SSSR count). The smallest absolute Gasteiger partial charge is 0.195 e. The molecule has 0 radical (unpaired) electrons. The molecule has 0 aliphatic heterocycles. The summed E-state index contributed by atoms with van der Waals surface area (Å²) in [6.07, 6.45) is 0. The Morgan fingerprint density at radius 2 is 2.21 bits per heavy atom. The minimum Gasteiger partial charge on any atom is -0.496 e. The number of carbonyl (C=O) groups is 1. The van der Waals surface area contributed by atoms with Crippen molar-refractivity contribution in [3.05, 3.63) is 29.3 Å². The molecule has 0 heterocycles. The molecule has 1 aromatic rings. The Hall–Kier alpha value is -0.540. The van der Waals surface area contributed by atoms with Crippen LogP contribution in [0.2, 0.25) is 0 Å². The van der Waals surface area contributed by atoms with Crippen LogP contribution in [0.15, 0.2) is 18.2 Å². The van der Waals surface area contributed by atoms with Crippen LogP contribution in [0.5, 0.6) is 5.75 Å². The van der Waals surface area contributed by atoms with Gasteiger partial charge in [-0.15, -0.1) is 11.6 Å². The minimum atomic E-state index is -0.710. The highest BCUT2D eigenvalue weighted by Crippen LogP contribution is 2.24. The number of halogens is 2. The lowest BCUT2D eigenvalue weighted by atomic mass is 10.1. The number of rotatable bonds is 3. The van der Waals surface area contributed by atoms with Crippen LogP contribution in [0.1, 0.15) is 15.9 Å². The van der Waals surface area contributed by atoms with Crippen LogP contribution in [0, 0.1) is 6.92 Å². The standard InChI is InChI=1S/C10H10BrClO2/c1-6-3-4-8(14-2)7(5-6)9(13)10(11)12/h3-5,10H,1-2H3. The first-order valence-electron chi connectivity index (χ1n) is 4.03. The van der Waals surface area contributed by atoms with Crippen LogP contribution in [-0.4, -0.2) is 17.2 Å². The van der Waals surface area contributed by atoms with E-state index in [-0.39, 0.29) is 5.78 Å². The van der Waals surface area contributed by atoms with Gasteiger partial charge in [-0.2, -0.15) is 0 Å². The lowest BCUT2D eigenvalue weighted by Crippen LogP contribution is -2.09. The third-order valence-corrected chi connectivity index (χ3v) is 2.43. The first kappa shape index (κ1) is 11.5. The molecule has 1 atom stereocenters. The molecule has 0 aliphatic rings. The second-order valence-electron chi connectivity index (χ2n) is 2.87. The van der Waals surface area contributed by atoms with Gasteiger partial charge in [0, 0.05) is 0 Å². The van der Waals surface area contributed by atoms with Crippen LogP contribution in [0.25, 0.3) is 0 Å². The quantitative estimate of drug-likeness (QED) is 0.627. The zero-order chi connectivity index (χ0) is 10.7. The summed E-state index contributed by atoms with van der Waals surface area (Å²) >= 11 is 8.68. The molecule has 1 unspecified atom stereocenters. The molecule has 76 valence electrons. The molecule has 4 heteroatoms. The van der Waals surface area contributed by atoms with Crippen molar-refractivity contribution >= 4 is 33.3 Å². The van der Waals surface area contributed by atoms with Crippen LogP contribution >= 0.6 is 27.5 Å². The van der Waals surface area contributed by atoms with Crippen LogP contribution in [-0.2, 0) is 0 Å². The van der Waals surface area contributed by atoms with E-state index in [1.165, 1.54) is 7.11 Å². The Labute approximate surface area is 96.3 Å². The van der Waals surface area contributed by atoms with Gasteiger partial charge in [-0.25, -0.2) is 0 Å². The lowest BCUT2D eigenvalue weighted by Gasteiger charge is -2.08. The van der Waals surface area contributed by atoms with Crippen molar-refractivity contribution in [2.45, 2.75) is 11.2 Å². The van der Waals surface area contributed by atoms with Gasteiger partial charge in [0.15, 0.2) is 10.1 Å². The number of aryl methyl sites for hydroxylation is 1. The average molecular weight is 278 g/mol. The van der Waals surface area contributed by atoms with Crippen LogP contribution in [0.4, 0.5) is 0 Å². The maximum Gasteiger partial charge on any atom is 0.195 e. The van der Waals surface area contributed by atoms with E-state index < -0.39 is 4.29 Å². The van der Waals surface area contributed by atoms with Crippen molar-refractivity contribution in [2.75, 3.05) is 7.11 Å². The number of Topliss-reactive ketones (excluding diaryl/α,β-unsaturated/α-hetero) is 1. The molecule has 0 spiro atoms. The lowest BCUT2D eigenvalue weighted by molar-refractivity contribution is 0.101. The third-order valence-electron chi connectivity index (χ3n) is 1.82. The Bertz CT molecular complexity index is 350. The highest BCUT2D eigenvalue weighted by atomic mass is 79.9. The summed E-state index contributed by atoms with van der Waals surface area (Å²) in [7, 11) is 1.53. The molecule has 0 fully saturated rings. The summed E-state index contributed by atoms with van der Waals surface area (Å²) < 4.78 is 4.36. The van der Waals surface area contributed by atoms with Crippen molar-refractivity contribution in [2.24, 2.45) is 0 Å². The summed E-state index contributed by atoms with van der Waals surface area (Å²) in [6, 6.07) is 5.40. The normalized spacial score (nSPS) is 12.3. The molecule has 0 N–H and O–H groups in total. The third kappa shape index (κ3) is 2.49. The van der Waals surface area contributed by atoms with Gasteiger partial charge in [-0.05, 0) is 19.1 Å². The monoisotopic (exact) mass is 276 g/mol. The van der Waals surface area contributed by atoms with Gasteiger partial charge < -0.3 is 4.74 Å². The maximum atomic E-state index is 11.6. The molecular formula is C10H10BrClO2. The van der Waals surface area contributed by atoms with E-state index in [2.05, 4.69) is 15.9 Å². The molecule has 2 nitrogen and oxygen atoms in total. The van der Waals surface area contributed by atoms with E-state index >= 15 is 0 Å². The average Bonchev–Trinajstić information content (AvgIpc) is 2.16. The first-order valence-corrected chi connectivity index (χ1v) is 5.38. The molecular weight excluding hydrogens is 267 g/mol. The second kappa shape index (κ2) is 4.80. The van der Waals surface area contributed by atoms with Crippen molar-refractivity contribution < 1.29 is 9.53 Å². The summed E-state index contributed by atoms with van der Waals surface area (Å²) in [6.45, 7) is 1.91. The van der Waals surface area contributed by atoms with Gasteiger partial charge in [0.05, 0.1) is 12.7 Å². The molecule has 0 saturated carbocycles. The van der Waals surface area contributed by atoms with Crippen LogP contribution in [0.3, 0.4) is 0 Å². The van der Waals surface area contributed by atoms with Crippen molar-refractivity contribution in [1.82, 2.24) is 0 Å². The minimum absolute atomic E-state index is 0.188. The van der Waals surface area contributed by atoms with Gasteiger partial charge in [0.25, 0.3) is 0 Å². The van der Waals surface area contributed by atoms with Crippen molar-refractivity contribution in [3.8, 4) is 5.75 Å². The van der Waals surface area contributed by atoms with E-state index in [1.807, 2.05) is 13.0 Å². The number of hydrogen-bond donors (Lipinski definition) is 0. The Morgan fingerprint density at radius 3 is 2.71 bits per heavy atom. The largest absolute Gasteiger partial charge is 0.496 e. The zero-order valence-corrected chi connectivity index (χ0v) is 10.2. The second-order valence-corrected chi connectivity index (χ2v) is 4.75. The molecule has 0 saturated heterocycles. The predicted octanol–water partition coefficient (Wildman–Crippen LogP) is 3.15. The van der Waals surface area contributed by atoms with Crippen molar-refractivity contribution in [1.29, 1.82) is 0 Å². The van der Waals surface area contributed by atoms with Gasteiger partial charge in [0.2, 0.25) is 0 Å². The van der Waals surface area contributed by atoms with Gasteiger partial charge in [-0.1, -0.05) is 27.6 Å². The number of ether oxygens (including phenoxy) is 1. The molecule has 14 heavy (non-hydrogen) atoms. The van der Waals surface area contributed by atoms with Gasteiger partial charge in [-0.3, -0.25) is 4.79 Å². The number of hydrogen-bond acceptors (Lipinski definition) is 2. The SMILES string of the molecule is COc1ccc(C)cc1C(=O)C(Cl)Br. The van der Waals surface area contributed by atoms with Crippen LogP contribution < -0.4 is 4.74 Å². The number of methoxy groups -OCH3 is 1. The summed E-state index contributed by atoms with van der Waals surface area (Å²) in [5.41, 5.74) is 1.50. The van der Waals surface area contributed by atoms with E-state index in [0.717, 1.165) is 5.56 Å². The fourth-order valence-electron chi connectivity index (χ4n) is 1.13. The molecule has 0 aromatic heterocycles. The fourth-order valence-corrected chi connectivity index (χ4v) is 1.50. The van der Waals surface area contributed by atoms with E-state index in [1.54, 1.807) is 12.1 Å². The summed E-state index contributed by atoms with van der Waals surface area (Å²) in [4.78, 5) is 11.6. The van der Waals surface area contributed by atoms with Gasteiger partial charge >= 0.3 is 0 Å². The van der Waals surface area contributed by atoms with E-state index in [4.69, 9.17) is 16.3 Å². The Morgan fingerprint density at radius 1 is 1.57 bits per heavy atom. The number of benzene rings is 1. The zero-order valence-electron chi connectivity index (χ0n) is 7.88. The Kier molecular flexibility index (Phi) is 3.96. The van der Waals surface area contributed by atoms with Crippen molar-refractivity contribution in [3.63, 3.8) is 0 Å². The van der Waals surface area contributed by atoms with E-state index in [0.29, 0.717) is 11.3 Å². The molecule has 0 amide bonds.